The molecule has 0 bridgehead atoms. The lowest BCUT2D eigenvalue weighted by atomic mass is 9.97. The third kappa shape index (κ3) is 22.0. The number of hydrogen-bond donors (Lipinski definition) is 0. The summed E-state index contributed by atoms with van der Waals surface area (Å²) < 4.78 is 5.56. The first-order chi connectivity index (χ1) is 14.1. The lowest BCUT2D eigenvalue weighted by Crippen LogP contribution is -2.14. The molecular weight excluding hydrogens is 356 g/mol. The van der Waals surface area contributed by atoms with Gasteiger partial charge < -0.3 is 4.74 Å². The van der Waals surface area contributed by atoms with Crippen LogP contribution in [0.25, 0.3) is 0 Å². The van der Waals surface area contributed by atoms with Crippen molar-refractivity contribution >= 4 is 5.97 Å². The molecule has 1 unspecified atom stereocenters. The van der Waals surface area contributed by atoms with Gasteiger partial charge in [0.05, 0.1) is 6.61 Å². The van der Waals surface area contributed by atoms with Crippen LogP contribution in [-0.2, 0) is 9.53 Å². The van der Waals surface area contributed by atoms with Gasteiger partial charge in [-0.05, 0) is 31.1 Å². The van der Waals surface area contributed by atoms with E-state index in [0.717, 1.165) is 12.3 Å². The van der Waals surface area contributed by atoms with Crippen LogP contribution in [-0.4, -0.2) is 12.6 Å². The fourth-order valence-corrected chi connectivity index (χ4v) is 4.10. The van der Waals surface area contributed by atoms with Crippen LogP contribution in [0.3, 0.4) is 0 Å². The van der Waals surface area contributed by atoms with Gasteiger partial charge in [-0.2, -0.15) is 0 Å². The zero-order valence-electron chi connectivity index (χ0n) is 20.6. The van der Waals surface area contributed by atoms with Crippen molar-refractivity contribution in [2.45, 2.75) is 150 Å². The average molecular weight is 411 g/mol. The second kappa shape index (κ2) is 22.2. The summed E-state index contributed by atoms with van der Waals surface area (Å²) in [5, 5.41) is 0. The molecule has 0 aliphatic heterocycles. The van der Waals surface area contributed by atoms with Crippen molar-refractivity contribution in [1.29, 1.82) is 0 Å². The normalized spacial score (nSPS) is 12.4. The molecule has 0 heterocycles. The van der Waals surface area contributed by atoms with Crippen molar-refractivity contribution in [3.8, 4) is 0 Å². The van der Waals surface area contributed by atoms with Crippen LogP contribution in [0, 0.1) is 11.8 Å². The largest absolute Gasteiger partial charge is 0.465 e. The molecule has 0 aliphatic rings. The van der Waals surface area contributed by atoms with E-state index in [1.807, 2.05) is 0 Å². The molecule has 2 nitrogen and oxygen atoms in total. The molecule has 0 rings (SSSR count). The molecule has 0 spiro atoms. The summed E-state index contributed by atoms with van der Waals surface area (Å²) in [4.78, 5) is 12.0. The van der Waals surface area contributed by atoms with Crippen LogP contribution in [0.2, 0.25) is 0 Å². The minimum absolute atomic E-state index is 0.0269. The van der Waals surface area contributed by atoms with Crippen molar-refractivity contribution < 1.29 is 9.53 Å². The summed E-state index contributed by atoms with van der Waals surface area (Å²) in [6, 6.07) is 0. The van der Waals surface area contributed by atoms with E-state index in [9.17, 15) is 4.79 Å². The summed E-state index contributed by atoms with van der Waals surface area (Å²) in [5.74, 6) is 1.47. The van der Waals surface area contributed by atoms with Crippen LogP contribution in [0.1, 0.15) is 150 Å². The molecule has 0 radical (unpaired) electrons. The summed E-state index contributed by atoms with van der Waals surface area (Å²) in [6.07, 6.45) is 24.1. The Morgan fingerprint density at radius 3 is 1.66 bits per heavy atom. The van der Waals surface area contributed by atoms with Gasteiger partial charge in [-0.3, -0.25) is 4.79 Å². The standard InChI is InChI=1S/C27H54O2/c1-5-7-17-22-26(20-6-2)24-29-27(28)23-19-16-14-12-10-8-9-11-13-15-18-21-25(3)4/h25-26H,5-24H2,1-4H3. The Balaban J connectivity index is 3.41. The number of ether oxygens (including phenoxy) is 1. The van der Waals surface area contributed by atoms with Gasteiger partial charge in [0.25, 0.3) is 0 Å². The SMILES string of the molecule is CCCCCC(CCC)COC(=O)CCCCCCCCCCCCCC(C)C. The lowest BCUT2D eigenvalue weighted by molar-refractivity contribution is -0.145. The van der Waals surface area contributed by atoms with E-state index in [2.05, 4.69) is 27.7 Å². The van der Waals surface area contributed by atoms with Gasteiger partial charge in [0.2, 0.25) is 0 Å². The van der Waals surface area contributed by atoms with Crippen LogP contribution < -0.4 is 0 Å². The van der Waals surface area contributed by atoms with E-state index in [4.69, 9.17) is 4.74 Å². The summed E-state index contributed by atoms with van der Waals surface area (Å²) in [7, 11) is 0. The van der Waals surface area contributed by atoms with Gasteiger partial charge in [-0.1, -0.05) is 124 Å². The average Bonchev–Trinajstić information content (AvgIpc) is 2.69. The van der Waals surface area contributed by atoms with Gasteiger partial charge in [-0.25, -0.2) is 0 Å². The third-order valence-corrected chi connectivity index (χ3v) is 6.06. The molecule has 0 saturated heterocycles. The van der Waals surface area contributed by atoms with Gasteiger partial charge in [0.1, 0.15) is 0 Å². The first-order valence-electron chi connectivity index (χ1n) is 13.3. The van der Waals surface area contributed by atoms with Gasteiger partial charge >= 0.3 is 5.97 Å². The van der Waals surface area contributed by atoms with Gasteiger partial charge in [-0.15, -0.1) is 0 Å². The van der Waals surface area contributed by atoms with Gasteiger partial charge in [0, 0.05) is 6.42 Å². The zero-order chi connectivity index (χ0) is 21.6. The van der Waals surface area contributed by atoms with E-state index < -0.39 is 0 Å². The van der Waals surface area contributed by atoms with Crippen LogP contribution in [0.15, 0.2) is 0 Å². The number of carbonyl (C=O) groups excluding carboxylic acids is 1. The number of unbranched alkanes of at least 4 members (excludes halogenated alkanes) is 12. The second-order valence-corrected chi connectivity index (χ2v) is 9.66. The highest BCUT2D eigenvalue weighted by Crippen LogP contribution is 2.17. The minimum atomic E-state index is 0.0269. The summed E-state index contributed by atoms with van der Waals surface area (Å²) in [6.45, 7) is 9.75. The van der Waals surface area contributed by atoms with Crippen molar-refractivity contribution in [1.82, 2.24) is 0 Å². The molecule has 0 fully saturated rings. The highest BCUT2D eigenvalue weighted by molar-refractivity contribution is 5.69. The molecule has 2 heteroatoms. The summed E-state index contributed by atoms with van der Waals surface area (Å²) >= 11 is 0. The highest BCUT2D eigenvalue weighted by atomic mass is 16.5. The maximum absolute atomic E-state index is 12.0. The monoisotopic (exact) mass is 410 g/mol. The lowest BCUT2D eigenvalue weighted by Gasteiger charge is -2.16. The predicted octanol–water partition coefficient (Wildman–Crippen LogP) is 9.25. The molecular formula is C27H54O2. The van der Waals surface area contributed by atoms with E-state index in [1.54, 1.807) is 0 Å². The first-order valence-corrected chi connectivity index (χ1v) is 13.3. The number of rotatable bonds is 22. The Bertz CT molecular complexity index is 337. The van der Waals surface area contributed by atoms with Gasteiger partial charge in [0.15, 0.2) is 0 Å². The van der Waals surface area contributed by atoms with E-state index in [1.165, 1.54) is 109 Å². The maximum atomic E-state index is 12.0. The number of carbonyl (C=O) groups is 1. The number of esters is 1. The smallest absolute Gasteiger partial charge is 0.305 e. The maximum Gasteiger partial charge on any atom is 0.305 e. The van der Waals surface area contributed by atoms with Crippen LogP contribution in [0.5, 0.6) is 0 Å². The zero-order valence-corrected chi connectivity index (χ0v) is 20.6. The van der Waals surface area contributed by atoms with Crippen LogP contribution in [0.4, 0.5) is 0 Å². The van der Waals surface area contributed by atoms with E-state index in [0.29, 0.717) is 18.9 Å². The number of hydrogen-bond acceptors (Lipinski definition) is 2. The summed E-state index contributed by atoms with van der Waals surface area (Å²) in [5.41, 5.74) is 0. The quantitative estimate of drug-likeness (QED) is 0.131. The first kappa shape index (κ1) is 28.5. The fraction of sp³-hybridized carbons (Fsp3) is 0.963. The van der Waals surface area contributed by atoms with Crippen molar-refractivity contribution in [3.63, 3.8) is 0 Å². The Morgan fingerprint density at radius 1 is 0.621 bits per heavy atom. The van der Waals surface area contributed by atoms with Crippen LogP contribution >= 0.6 is 0 Å². The molecule has 0 aliphatic carbocycles. The van der Waals surface area contributed by atoms with E-state index in [-0.39, 0.29) is 5.97 Å². The molecule has 1 atom stereocenters. The molecule has 29 heavy (non-hydrogen) atoms. The Kier molecular flexibility index (Phi) is 21.8. The van der Waals surface area contributed by atoms with E-state index >= 15 is 0 Å². The molecule has 0 aromatic carbocycles. The molecule has 0 aromatic rings. The minimum Gasteiger partial charge on any atom is -0.465 e. The highest BCUT2D eigenvalue weighted by Gasteiger charge is 2.11. The Hall–Kier alpha value is -0.530. The Morgan fingerprint density at radius 2 is 1.14 bits per heavy atom. The molecule has 0 N–H and O–H groups in total. The predicted molar refractivity (Wildman–Crippen MR) is 128 cm³/mol. The van der Waals surface area contributed by atoms with Crippen molar-refractivity contribution in [2.24, 2.45) is 11.8 Å². The molecule has 0 aromatic heterocycles. The Labute approximate surface area is 184 Å². The molecule has 174 valence electrons. The topological polar surface area (TPSA) is 26.3 Å². The third-order valence-electron chi connectivity index (χ3n) is 6.06. The second-order valence-electron chi connectivity index (χ2n) is 9.66. The van der Waals surface area contributed by atoms with Crippen molar-refractivity contribution in [2.75, 3.05) is 6.61 Å². The molecule has 0 saturated carbocycles. The van der Waals surface area contributed by atoms with Crippen molar-refractivity contribution in [3.05, 3.63) is 0 Å². The fourth-order valence-electron chi connectivity index (χ4n) is 4.10. The molecule has 0 amide bonds.